The van der Waals surface area contributed by atoms with Gasteiger partial charge in [-0.25, -0.2) is 15.0 Å². The maximum absolute atomic E-state index is 5.98. The van der Waals surface area contributed by atoms with Crippen molar-refractivity contribution in [3.63, 3.8) is 0 Å². The lowest BCUT2D eigenvalue weighted by molar-refractivity contribution is 0.756. The van der Waals surface area contributed by atoms with Crippen molar-refractivity contribution in [2.24, 2.45) is 0 Å². The first-order valence-electron chi connectivity index (χ1n) is 5.72. The van der Waals surface area contributed by atoms with Crippen LogP contribution in [-0.4, -0.2) is 25.1 Å². The van der Waals surface area contributed by atoms with Gasteiger partial charge in [0, 0.05) is 12.0 Å². The molecule has 6 nitrogen and oxygen atoms in total. The number of aromatic nitrogens is 5. The van der Waals surface area contributed by atoms with Gasteiger partial charge >= 0.3 is 0 Å². The van der Waals surface area contributed by atoms with Crippen LogP contribution in [0.2, 0.25) is 5.15 Å². The van der Waals surface area contributed by atoms with Gasteiger partial charge in [0.1, 0.15) is 28.9 Å². The van der Waals surface area contributed by atoms with E-state index in [2.05, 4.69) is 30.5 Å². The zero-order chi connectivity index (χ0) is 13.1. The fraction of sp³-hybridized carbons (Fsp3) is 0.455. The summed E-state index contributed by atoms with van der Waals surface area (Å²) in [7, 11) is 0. The zero-order valence-corrected chi connectivity index (χ0v) is 11.2. The molecular weight excluding hydrogens is 252 g/mol. The average Bonchev–Trinajstić information content (AvgIpc) is 2.81. The topological polar surface area (TPSA) is 79.4 Å². The molecule has 0 spiro atoms. The number of halogens is 1. The molecule has 0 amide bonds. The number of hydrogen-bond donors (Lipinski definition) is 2. The Morgan fingerprint density at radius 1 is 1.28 bits per heavy atom. The van der Waals surface area contributed by atoms with E-state index >= 15 is 0 Å². The van der Waals surface area contributed by atoms with Gasteiger partial charge in [-0.1, -0.05) is 25.4 Å². The second kappa shape index (κ2) is 5.30. The monoisotopic (exact) mass is 266 g/mol. The van der Waals surface area contributed by atoms with Gasteiger partial charge in [0.05, 0.1) is 6.04 Å². The number of rotatable bonds is 4. The molecule has 2 aromatic rings. The van der Waals surface area contributed by atoms with Crippen molar-refractivity contribution >= 4 is 17.4 Å². The molecule has 0 aliphatic rings. The molecule has 2 aromatic heterocycles. The molecule has 0 aliphatic heterocycles. The molecule has 0 saturated carbocycles. The molecule has 1 atom stereocenters. The lowest BCUT2D eigenvalue weighted by Crippen LogP contribution is -2.11. The van der Waals surface area contributed by atoms with E-state index in [9.17, 15) is 0 Å². The maximum atomic E-state index is 5.98. The fourth-order valence-electron chi connectivity index (χ4n) is 1.48. The van der Waals surface area contributed by atoms with Crippen molar-refractivity contribution in [1.29, 1.82) is 0 Å². The minimum Gasteiger partial charge on any atom is -0.360 e. The smallest absolute Gasteiger partial charge is 0.146 e. The molecule has 96 valence electrons. The van der Waals surface area contributed by atoms with Crippen LogP contribution in [0.25, 0.3) is 0 Å². The predicted molar refractivity (Wildman–Crippen MR) is 69.6 cm³/mol. The standard InChI is InChI=1S/C11H15ClN6/c1-6(2)10-16-8(12)4-9(17-10)15-7(3)11-13-5-14-18-11/h4-7H,1-3H3,(H,13,14,18)(H,15,16,17). The fourth-order valence-corrected chi connectivity index (χ4v) is 1.67. The number of H-pyrrole nitrogens is 1. The Bertz CT molecular complexity index is 510. The molecule has 0 aromatic carbocycles. The van der Waals surface area contributed by atoms with Crippen molar-refractivity contribution in [1.82, 2.24) is 25.1 Å². The number of aromatic amines is 1. The molecule has 0 aliphatic carbocycles. The van der Waals surface area contributed by atoms with Crippen molar-refractivity contribution in [2.75, 3.05) is 5.32 Å². The number of nitrogens with one attached hydrogen (secondary N) is 2. The predicted octanol–water partition coefficient (Wildman–Crippen LogP) is 2.54. The SMILES string of the molecule is CC(C)c1nc(Cl)cc(NC(C)c2ncn[nH]2)n1. The molecule has 2 heterocycles. The van der Waals surface area contributed by atoms with Crippen molar-refractivity contribution in [3.05, 3.63) is 29.2 Å². The van der Waals surface area contributed by atoms with E-state index in [1.54, 1.807) is 6.07 Å². The summed E-state index contributed by atoms with van der Waals surface area (Å²) in [6, 6.07) is 1.67. The molecule has 2 N–H and O–H groups in total. The maximum Gasteiger partial charge on any atom is 0.146 e. The third kappa shape index (κ3) is 2.95. The zero-order valence-electron chi connectivity index (χ0n) is 10.5. The molecule has 7 heteroatoms. The summed E-state index contributed by atoms with van der Waals surface area (Å²) < 4.78 is 0. The Hall–Kier alpha value is -1.69. The lowest BCUT2D eigenvalue weighted by atomic mass is 10.2. The largest absolute Gasteiger partial charge is 0.360 e. The summed E-state index contributed by atoms with van der Waals surface area (Å²) in [5, 5.41) is 10.3. The number of anilines is 1. The minimum absolute atomic E-state index is 0.0292. The summed E-state index contributed by atoms with van der Waals surface area (Å²) in [6.07, 6.45) is 1.47. The van der Waals surface area contributed by atoms with Crippen LogP contribution in [0.3, 0.4) is 0 Å². The first-order chi connectivity index (χ1) is 8.56. The van der Waals surface area contributed by atoms with Gasteiger partial charge in [-0.05, 0) is 6.92 Å². The highest BCUT2D eigenvalue weighted by molar-refractivity contribution is 6.29. The minimum atomic E-state index is -0.0292. The quantitative estimate of drug-likeness (QED) is 0.832. The van der Waals surface area contributed by atoms with E-state index in [4.69, 9.17) is 11.6 Å². The highest BCUT2D eigenvalue weighted by Gasteiger charge is 2.11. The van der Waals surface area contributed by atoms with Gasteiger partial charge in [-0.3, -0.25) is 5.10 Å². The molecule has 2 rings (SSSR count). The number of hydrogen-bond acceptors (Lipinski definition) is 5. The van der Waals surface area contributed by atoms with E-state index < -0.39 is 0 Å². The van der Waals surface area contributed by atoms with Crippen LogP contribution < -0.4 is 5.32 Å². The van der Waals surface area contributed by atoms with Gasteiger partial charge in [-0.15, -0.1) is 0 Å². The van der Waals surface area contributed by atoms with Crippen LogP contribution in [0.5, 0.6) is 0 Å². The molecule has 0 radical (unpaired) electrons. The first kappa shape index (κ1) is 12.8. The highest BCUT2D eigenvalue weighted by Crippen LogP contribution is 2.20. The van der Waals surface area contributed by atoms with Crippen molar-refractivity contribution < 1.29 is 0 Å². The Morgan fingerprint density at radius 3 is 2.67 bits per heavy atom. The van der Waals surface area contributed by atoms with Crippen LogP contribution in [-0.2, 0) is 0 Å². The molecule has 0 fully saturated rings. The average molecular weight is 267 g/mol. The Balaban J connectivity index is 2.18. The summed E-state index contributed by atoms with van der Waals surface area (Å²) in [5.41, 5.74) is 0. The molecule has 1 unspecified atom stereocenters. The van der Waals surface area contributed by atoms with E-state index in [0.29, 0.717) is 11.0 Å². The van der Waals surface area contributed by atoms with E-state index in [1.165, 1.54) is 6.33 Å². The summed E-state index contributed by atoms with van der Waals surface area (Å²) in [4.78, 5) is 12.7. The van der Waals surface area contributed by atoms with Crippen molar-refractivity contribution in [2.45, 2.75) is 32.7 Å². The van der Waals surface area contributed by atoms with Crippen LogP contribution in [0.1, 0.15) is 44.4 Å². The second-order valence-electron chi connectivity index (χ2n) is 4.33. The third-order valence-electron chi connectivity index (χ3n) is 2.44. The van der Waals surface area contributed by atoms with E-state index in [0.717, 1.165) is 11.6 Å². The van der Waals surface area contributed by atoms with Crippen LogP contribution in [0, 0.1) is 0 Å². The second-order valence-corrected chi connectivity index (χ2v) is 4.71. The Kier molecular flexibility index (Phi) is 3.76. The normalized spacial score (nSPS) is 12.7. The lowest BCUT2D eigenvalue weighted by Gasteiger charge is -2.13. The van der Waals surface area contributed by atoms with Crippen LogP contribution in [0.4, 0.5) is 5.82 Å². The van der Waals surface area contributed by atoms with Gasteiger partial charge in [-0.2, -0.15) is 5.10 Å². The van der Waals surface area contributed by atoms with Crippen LogP contribution >= 0.6 is 11.6 Å². The number of nitrogens with zero attached hydrogens (tertiary/aromatic N) is 4. The molecule has 0 bridgehead atoms. The van der Waals surface area contributed by atoms with Crippen molar-refractivity contribution in [3.8, 4) is 0 Å². The highest BCUT2D eigenvalue weighted by atomic mass is 35.5. The van der Waals surface area contributed by atoms with Gasteiger partial charge in [0.25, 0.3) is 0 Å². The Labute approximate surface area is 110 Å². The Morgan fingerprint density at radius 2 is 2.06 bits per heavy atom. The van der Waals surface area contributed by atoms with E-state index in [-0.39, 0.29) is 12.0 Å². The molecule has 0 saturated heterocycles. The van der Waals surface area contributed by atoms with Gasteiger partial charge < -0.3 is 5.32 Å². The summed E-state index contributed by atoms with van der Waals surface area (Å²) >= 11 is 5.98. The van der Waals surface area contributed by atoms with E-state index in [1.807, 2.05) is 20.8 Å². The van der Waals surface area contributed by atoms with Crippen LogP contribution in [0.15, 0.2) is 12.4 Å². The summed E-state index contributed by atoms with van der Waals surface area (Å²) in [5.74, 6) is 2.37. The molecule has 18 heavy (non-hydrogen) atoms. The first-order valence-corrected chi connectivity index (χ1v) is 6.10. The summed E-state index contributed by atoms with van der Waals surface area (Å²) in [6.45, 7) is 6.01. The van der Waals surface area contributed by atoms with Gasteiger partial charge in [0.15, 0.2) is 0 Å². The van der Waals surface area contributed by atoms with Gasteiger partial charge in [0.2, 0.25) is 0 Å². The third-order valence-corrected chi connectivity index (χ3v) is 2.63. The molecular formula is C11H15ClN6.